The van der Waals surface area contributed by atoms with Crippen LogP contribution in [-0.2, 0) is 0 Å². The van der Waals surface area contributed by atoms with E-state index in [1.165, 1.54) is 17.0 Å². The van der Waals surface area contributed by atoms with Crippen molar-refractivity contribution in [3.05, 3.63) is 29.6 Å². The zero-order valence-electron chi connectivity index (χ0n) is 13.2. The lowest BCUT2D eigenvalue weighted by atomic mass is 10.1. The second kappa shape index (κ2) is 7.41. The molecule has 21 heavy (non-hydrogen) atoms. The Labute approximate surface area is 126 Å². The van der Waals surface area contributed by atoms with E-state index in [1.807, 2.05) is 13.8 Å². The van der Waals surface area contributed by atoms with Crippen LogP contribution in [0, 0.1) is 5.82 Å². The maximum absolute atomic E-state index is 14.0. The van der Waals surface area contributed by atoms with Gasteiger partial charge in [0.2, 0.25) is 0 Å². The highest BCUT2D eigenvalue weighted by Gasteiger charge is 2.24. The molecule has 0 aliphatic carbocycles. The van der Waals surface area contributed by atoms with Gasteiger partial charge in [0.05, 0.1) is 16.9 Å². The van der Waals surface area contributed by atoms with Gasteiger partial charge in [-0.15, -0.1) is 0 Å². The molecule has 1 aromatic carbocycles. The van der Waals surface area contributed by atoms with Gasteiger partial charge in [-0.25, -0.2) is 4.39 Å². The van der Waals surface area contributed by atoms with Gasteiger partial charge in [-0.2, -0.15) is 0 Å². The van der Waals surface area contributed by atoms with Crippen LogP contribution in [-0.4, -0.2) is 41.1 Å². The third kappa shape index (κ3) is 5.01. The number of hydrogen-bond donors (Lipinski definition) is 2. The molecule has 0 spiro atoms. The highest BCUT2D eigenvalue weighted by atomic mass is 19.1. The molecule has 0 aliphatic heterocycles. The van der Waals surface area contributed by atoms with E-state index in [0.717, 1.165) is 6.42 Å². The molecular formula is C16H25FN2O2. The Kier molecular flexibility index (Phi) is 6.15. The molecule has 1 rings (SSSR count). The largest absolute Gasteiger partial charge is 0.389 e. The van der Waals surface area contributed by atoms with Crippen molar-refractivity contribution < 1.29 is 14.3 Å². The van der Waals surface area contributed by atoms with Gasteiger partial charge >= 0.3 is 0 Å². The van der Waals surface area contributed by atoms with Gasteiger partial charge in [0.1, 0.15) is 5.82 Å². The zero-order valence-corrected chi connectivity index (χ0v) is 13.2. The lowest BCUT2D eigenvalue weighted by Crippen LogP contribution is -2.42. The van der Waals surface area contributed by atoms with E-state index in [4.69, 9.17) is 0 Å². The minimum Gasteiger partial charge on any atom is -0.389 e. The first-order chi connectivity index (χ1) is 9.80. The second-order valence-electron chi connectivity index (χ2n) is 5.72. The molecule has 2 N–H and O–H groups in total. The molecule has 0 radical (unpaired) electrons. The van der Waals surface area contributed by atoms with Crippen LogP contribution in [0.5, 0.6) is 0 Å². The number of nitrogens with zero attached hydrogens (tertiary/aromatic N) is 1. The van der Waals surface area contributed by atoms with E-state index >= 15 is 0 Å². The van der Waals surface area contributed by atoms with Crippen molar-refractivity contribution in [3.8, 4) is 0 Å². The summed E-state index contributed by atoms with van der Waals surface area (Å²) in [4.78, 5) is 14.1. The topological polar surface area (TPSA) is 52.6 Å². The van der Waals surface area contributed by atoms with E-state index in [2.05, 4.69) is 5.32 Å². The first-order valence-electron chi connectivity index (χ1n) is 7.34. The zero-order chi connectivity index (χ0) is 16.0. The molecular weight excluding hydrogens is 271 g/mol. The van der Waals surface area contributed by atoms with Crippen molar-refractivity contribution in [3.63, 3.8) is 0 Å². The Morgan fingerprint density at radius 1 is 1.38 bits per heavy atom. The Morgan fingerprint density at radius 2 is 2.05 bits per heavy atom. The highest BCUT2D eigenvalue weighted by molar-refractivity contribution is 5.99. The Hall–Kier alpha value is -1.62. The average Bonchev–Trinajstić information content (AvgIpc) is 2.41. The maximum atomic E-state index is 14.0. The molecule has 0 aromatic heterocycles. The molecule has 0 atom stereocenters. The van der Waals surface area contributed by atoms with Gasteiger partial charge in [-0.3, -0.25) is 4.79 Å². The van der Waals surface area contributed by atoms with E-state index in [-0.39, 0.29) is 18.1 Å². The van der Waals surface area contributed by atoms with Gasteiger partial charge in [-0.1, -0.05) is 13.0 Å². The summed E-state index contributed by atoms with van der Waals surface area (Å²) in [7, 11) is 0. The van der Waals surface area contributed by atoms with E-state index in [1.54, 1.807) is 19.9 Å². The summed E-state index contributed by atoms with van der Waals surface area (Å²) in [6.07, 6.45) is 0.836. The molecule has 0 fully saturated rings. The number of amides is 1. The predicted molar refractivity (Wildman–Crippen MR) is 83.1 cm³/mol. The van der Waals surface area contributed by atoms with Gasteiger partial charge in [0.15, 0.2) is 0 Å². The van der Waals surface area contributed by atoms with Crippen molar-refractivity contribution in [1.29, 1.82) is 0 Å². The number of para-hydroxylation sites is 1. The lowest BCUT2D eigenvalue weighted by molar-refractivity contribution is 0.0315. The van der Waals surface area contributed by atoms with Gasteiger partial charge < -0.3 is 15.3 Å². The van der Waals surface area contributed by atoms with Crippen LogP contribution < -0.4 is 5.32 Å². The monoisotopic (exact) mass is 296 g/mol. The lowest BCUT2D eigenvalue weighted by Gasteiger charge is -2.29. The number of benzene rings is 1. The summed E-state index contributed by atoms with van der Waals surface area (Å²) in [6.45, 7) is 8.34. The number of nitrogens with one attached hydrogen (secondary N) is 1. The Balaban J connectivity index is 3.07. The standard InChI is InChI=1S/C16H25FN2O2/c1-5-10-18-14-12(8-7-9-13(14)17)15(20)19(6-2)11-16(3,4)21/h7-9,18,21H,5-6,10-11H2,1-4H3. The number of likely N-dealkylation sites (N-methyl/N-ethyl adjacent to an activating group) is 1. The first kappa shape index (κ1) is 17.4. The third-order valence-electron chi connectivity index (χ3n) is 3.04. The van der Waals surface area contributed by atoms with Crippen molar-refractivity contribution in [2.45, 2.75) is 39.7 Å². The average molecular weight is 296 g/mol. The van der Waals surface area contributed by atoms with E-state index < -0.39 is 11.4 Å². The summed E-state index contributed by atoms with van der Waals surface area (Å²) in [5, 5.41) is 12.9. The summed E-state index contributed by atoms with van der Waals surface area (Å²) >= 11 is 0. The van der Waals surface area contributed by atoms with Crippen LogP contribution >= 0.6 is 0 Å². The van der Waals surface area contributed by atoms with Crippen molar-refractivity contribution >= 4 is 11.6 Å². The van der Waals surface area contributed by atoms with Crippen LogP contribution in [0.25, 0.3) is 0 Å². The highest BCUT2D eigenvalue weighted by Crippen LogP contribution is 2.22. The van der Waals surface area contributed by atoms with Gasteiger partial charge in [0.25, 0.3) is 5.91 Å². The summed E-state index contributed by atoms with van der Waals surface area (Å²) < 4.78 is 14.0. The fourth-order valence-electron chi connectivity index (χ4n) is 2.10. The normalized spacial score (nSPS) is 11.3. The number of halogens is 1. The molecule has 0 saturated carbocycles. The quantitative estimate of drug-likeness (QED) is 0.813. The Bertz CT molecular complexity index is 484. The molecule has 1 amide bonds. The molecule has 5 heteroatoms. The Morgan fingerprint density at radius 3 is 2.57 bits per heavy atom. The number of anilines is 1. The summed E-state index contributed by atoms with van der Waals surface area (Å²) in [5.41, 5.74) is -0.455. The van der Waals surface area contributed by atoms with E-state index in [0.29, 0.717) is 18.7 Å². The SMILES string of the molecule is CCCNc1c(F)cccc1C(=O)N(CC)CC(C)(C)O. The number of carbonyl (C=O) groups excluding carboxylic acids is 1. The van der Waals surface area contributed by atoms with Crippen LogP contribution in [0.2, 0.25) is 0 Å². The second-order valence-corrected chi connectivity index (χ2v) is 5.72. The predicted octanol–water partition coefficient (Wildman–Crippen LogP) is 2.88. The van der Waals surface area contributed by atoms with Crippen molar-refractivity contribution in [2.24, 2.45) is 0 Å². The minimum atomic E-state index is -0.990. The maximum Gasteiger partial charge on any atom is 0.256 e. The number of aliphatic hydroxyl groups is 1. The number of rotatable bonds is 7. The molecule has 1 aromatic rings. The smallest absolute Gasteiger partial charge is 0.256 e. The molecule has 0 unspecified atom stereocenters. The van der Waals surface area contributed by atoms with E-state index in [9.17, 15) is 14.3 Å². The third-order valence-corrected chi connectivity index (χ3v) is 3.04. The fourth-order valence-corrected chi connectivity index (χ4v) is 2.10. The molecule has 4 nitrogen and oxygen atoms in total. The summed E-state index contributed by atoms with van der Waals surface area (Å²) in [6, 6.07) is 4.47. The molecule has 0 saturated heterocycles. The molecule has 0 bridgehead atoms. The van der Waals surface area contributed by atoms with Crippen molar-refractivity contribution in [2.75, 3.05) is 25.0 Å². The molecule has 0 aliphatic rings. The number of carbonyl (C=O) groups is 1. The molecule has 0 heterocycles. The van der Waals surface area contributed by atoms with Gasteiger partial charge in [-0.05, 0) is 39.3 Å². The first-order valence-corrected chi connectivity index (χ1v) is 7.34. The summed E-state index contributed by atoms with van der Waals surface area (Å²) in [5.74, 6) is -0.716. The van der Waals surface area contributed by atoms with Crippen LogP contribution in [0.4, 0.5) is 10.1 Å². The minimum absolute atomic E-state index is 0.200. The molecule has 118 valence electrons. The van der Waals surface area contributed by atoms with Gasteiger partial charge in [0, 0.05) is 19.6 Å². The number of hydrogen-bond acceptors (Lipinski definition) is 3. The van der Waals surface area contributed by atoms with Crippen LogP contribution in [0.3, 0.4) is 0 Å². The van der Waals surface area contributed by atoms with Crippen LogP contribution in [0.15, 0.2) is 18.2 Å². The van der Waals surface area contributed by atoms with Crippen molar-refractivity contribution in [1.82, 2.24) is 4.90 Å². The van der Waals surface area contributed by atoms with Crippen LogP contribution in [0.1, 0.15) is 44.5 Å². The fraction of sp³-hybridized carbons (Fsp3) is 0.562.